The van der Waals surface area contributed by atoms with E-state index in [1.807, 2.05) is 80.6 Å². The third-order valence-corrected chi connectivity index (χ3v) is 7.86. The van der Waals surface area contributed by atoms with Gasteiger partial charge in [-0.3, -0.25) is 24.1 Å². The van der Waals surface area contributed by atoms with Crippen molar-refractivity contribution in [1.82, 2.24) is 4.90 Å². The maximum atomic E-state index is 13.6. The van der Waals surface area contributed by atoms with Crippen LogP contribution in [0.15, 0.2) is 66.7 Å². The molecule has 7 rings (SSSR count). The predicted molar refractivity (Wildman–Crippen MR) is 136 cm³/mol. The second-order valence-electron chi connectivity index (χ2n) is 10.1. The predicted octanol–water partition coefficient (Wildman–Crippen LogP) is 3.68. The molecule has 3 aromatic rings. The number of imide groups is 1. The Balaban J connectivity index is 1.18. The van der Waals surface area contributed by atoms with E-state index < -0.39 is 36.9 Å². The number of aryl methyl sites for hydroxylation is 2. The molecule has 4 aliphatic rings. The van der Waals surface area contributed by atoms with E-state index in [0.717, 1.165) is 38.3 Å². The van der Waals surface area contributed by atoms with Crippen molar-refractivity contribution in [1.29, 1.82) is 0 Å². The van der Waals surface area contributed by atoms with Gasteiger partial charge in [-0.15, -0.1) is 0 Å². The topological polar surface area (TPSA) is 92.8 Å². The number of ether oxygens (including phenoxy) is 1. The summed E-state index contributed by atoms with van der Waals surface area (Å²) >= 11 is 0. The quantitative estimate of drug-likeness (QED) is 0.432. The fraction of sp³-hybridized carbons (Fsp3) is 0.267. The Hall–Kier alpha value is -4.26. The number of amides is 3. The number of rotatable bonds is 5. The molecule has 0 aromatic heterocycles. The molecule has 1 N–H and O–H groups in total. The summed E-state index contributed by atoms with van der Waals surface area (Å²) in [7, 11) is 0. The first-order valence-corrected chi connectivity index (χ1v) is 12.4. The molecule has 0 saturated carbocycles. The minimum atomic E-state index is -0.793. The molecule has 1 saturated heterocycles. The van der Waals surface area contributed by atoms with Gasteiger partial charge in [0.2, 0.25) is 11.8 Å². The zero-order chi connectivity index (χ0) is 25.8. The third-order valence-electron chi connectivity index (χ3n) is 7.86. The first-order chi connectivity index (χ1) is 17.8. The summed E-state index contributed by atoms with van der Waals surface area (Å²) in [6, 6.07) is 21.6. The van der Waals surface area contributed by atoms with Crippen LogP contribution < -0.4 is 5.32 Å². The standard InChI is InChI=1S/C30H26N2O5/c1-16-11-12-17(2)22(13-16)31-23(33)15-37-24(34)14-32-29(35)27-25-18-7-3-4-8-19(18)26(28(27)30(32)36)21-10-6-5-9-20(21)25/h3-13,25-28H,14-15H2,1-2H3,(H,31,33)/t25?,26?,27-,28-/m1/s1. The van der Waals surface area contributed by atoms with E-state index >= 15 is 0 Å². The Morgan fingerprint density at radius 1 is 0.811 bits per heavy atom. The molecular weight excluding hydrogens is 468 g/mol. The van der Waals surface area contributed by atoms with E-state index in [4.69, 9.17) is 4.74 Å². The molecule has 3 aromatic carbocycles. The second kappa shape index (κ2) is 8.69. The Kier molecular flexibility index (Phi) is 5.44. The minimum absolute atomic E-state index is 0.233. The average molecular weight is 495 g/mol. The van der Waals surface area contributed by atoms with E-state index in [9.17, 15) is 19.2 Å². The highest BCUT2D eigenvalue weighted by atomic mass is 16.5. The van der Waals surface area contributed by atoms with Crippen molar-refractivity contribution in [3.63, 3.8) is 0 Å². The van der Waals surface area contributed by atoms with Gasteiger partial charge in [-0.25, -0.2) is 0 Å². The first kappa shape index (κ1) is 23.2. The van der Waals surface area contributed by atoms with Crippen LogP contribution in [0.4, 0.5) is 5.69 Å². The van der Waals surface area contributed by atoms with Gasteiger partial charge in [0.15, 0.2) is 6.61 Å². The Morgan fingerprint density at radius 3 is 1.84 bits per heavy atom. The van der Waals surface area contributed by atoms with E-state index in [2.05, 4.69) is 5.32 Å². The van der Waals surface area contributed by atoms with Gasteiger partial charge in [0.05, 0.1) is 11.8 Å². The lowest BCUT2D eigenvalue weighted by Gasteiger charge is -2.45. The fourth-order valence-electron chi connectivity index (χ4n) is 6.27. The molecule has 2 atom stereocenters. The van der Waals surface area contributed by atoms with Crippen LogP contribution in [-0.2, 0) is 23.9 Å². The smallest absolute Gasteiger partial charge is 0.326 e. The number of esters is 1. The molecule has 2 bridgehead atoms. The number of anilines is 1. The van der Waals surface area contributed by atoms with Crippen molar-refractivity contribution >= 4 is 29.4 Å². The molecule has 186 valence electrons. The number of hydrogen-bond donors (Lipinski definition) is 1. The van der Waals surface area contributed by atoms with Crippen LogP contribution in [-0.4, -0.2) is 41.7 Å². The van der Waals surface area contributed by atoms with Crippen molar-refractivity contribution in [3.05, 3.63) is 100 Å². The Labute approximate surface area is 214 Å². The van der Waals surface area contributed by atoms with Crippen molar-refractivity contribution in [2.24, 2.45) is 11.8 Å². The maximum Gasteiger partial charge on any atom is 0.326 e. The highest BCUT2D eigenvalue weighted by molar-refractivity contribution is 6.09. The molecule has 0 spiro atoms. The average Bonchev–Trinajstić information content (AvgIpc) is 3.15. The van der Waals surface area contributed by atoms with E-state index in [-0.39, 0.29) is 23.7 Å². The molecule has 0 radical (unpaired) electrons. The van der Waals surface area contributed by atoms with Gasteiger partial charge in [-0.1, -0.05) is 60.7 Å². The third kappa shape index (κ3) is 3.65. The van der Waals surface area contributed by atoms with Crippen LogP contribution in [0, 0.1) is 25.7 Å². The van der Waals surface area contributed by atoms with Crippen molar-refractivity contribution < 1.29 is 23.9 Å². The molecule has 3 aliphatic carbocycles. The fourth-order valence-corrected chi connectivity index (χ4v) is 6.27. The van der Waals surface area contributed by atoms with Crippen LogP contribution in [0.3, 0.4) is 0 Å². The van der Waals surface area contributed by atoms with Gasteiger partial charge in [0.1, 0.15) is 6.54 Å². The largest absolute Gasteiger partial charge is 0.454 e. The Morgan fingerprint density at radius 2 is 1.32 bits per heavy atom. The van der Waals surface area contributed by atoms with Gasteiger partial charge in [-0.2, -0.15) is 0 Å². The molecule has 3 amide bonds. The molecule has 1 heterocycles. The van der Waals surface area contributed by atoms with E-state index in [1.54, 1.807) is 0 Å². The van der Waals surface area contributed by atoms with Crippen molar-refractivity contribution in [2.75, 3.05) is 18.5 Å². The van der Waals surface area contributed by atoms with Crippen LogP contribution in [0.5, 0.6) is 0 Å². The Bertz CT molecular complexity index is 1360. The second-order valence-corrected chi connectivity index (χ2v) is 10.1. The summed E-state index contributed by atoms with van der Waals surface area (Å²) in [5, 5.41) is 2.73. The summed E-state index contributed by atoms with van der Waals surface area (Å²) < 4.78 is 5.15. The number of hydrogen-bond acceptors (Lipinski definition) is 5. The molecular formula is C30H26N2O5. The van der Waals surface area contributed by atoms with Gasteiger partial charge in [0, 0.05) is 17.5 Å². The maximum absolute atomic E-state index is 13.6. The summed E-state index contributed by atoms with van der Waals surface area (Å²) in [5.41, 5.74) is 6.80. The van der Waals surface area contributed by atoms with Crippen molar-refractivity contribution in [3.8, 4) is 0 Å². The van der Waals surface area contributed by atoms with Crippen LogP contribution >= 0.6 is 0 Å². The van der Waals surface area contributed by atoms with Gasteiger partial charge < -0.3 is 10.1 Å². The number of carbonyl (C=O) groups is 4. The SMILES string of the molecule is Cc1ccc(C)c(NC(=O)COC(=O)CN2C(=O)[C@@H]3C4c5ccccc5C(c5ccccc54)[C@H]3C2=O)c1. The van der Waals surface area contributed by atoms with Gasteiger partial charge in [-0.05, 0) is 53.3 Å². The molecule has 0 unspecified atom stereocenters. The van der Waals surface area contributed by atoms with Gasteiger partial charge in [0.25, 0.3) is 5.91 Å². The summed E-state index contributed by atoms with van der Waals surface area (Å²) in [6.45, 7) is 2.78. The summed E-state index contributed by atoms with van der Waals surface area (Å²) in [5.74, 6) is -3.56. The number of nitrogens with zero attached hydrogens (tertiary/aromatic N) is 1. The molecule has 7 heteroatoms. The monoisotopic (exact) mass is 494 g/mol. The van der Waals surface area contributed by atoms with Gasteiger partial charge >= 0.3 is 5.97 Å². The normalized spacial score (nSPS) is 22.8. The van der Waals surface area contributed by atoms with E-state index in [0.29, 0.717) is 5.69 Å². The number of carbonyl (C=O) groups excluding carboxylic acids is 4. The zero-order valence-electron chi connectivity index (χ0n) is 20.6. The van der Waals surface area contributed by atoms with Crippen molar-refractivity contribution in [2.45, 2.75) is 25.7 Å². The van der Waals surface area contributed by atoms with E-state index in [1.165, 1.54) is 0 Å². The summed E-state index contributed by atoms with van der Waals surface area (Å²) in [4.78, 5) is 53.2. The number of nitrogens with one attached hydrogen (secondary N) is 1. The summed E-state index contributed by atoms with van der Waals surface area (Å²) in [6.07, 6.45) is 0. The number of likely N-dealkylation sites (tertiary alicyclic amines) is 1. The first-order valence-electron chi connectivity index (χ1n) is 12.4. The molecule has 1 aliphatic heterocycles. The molecule has 7 nitrogen and oxygen atoms in total. The lowest BCUT2D eigenvalue weighted by molar-refractivity contribution is -0.154. The van der Waals surface area contributed by atoms with Crippen LogP contribution in [0.25, 0.3) is 0 Å². The van der Waals surface area contributed by atoms with Crippen LogP contribution in [0.2, 0.25) is 0 Å². The highest BCUT2D eigenvalue weighted by Gasteiger charge is 2.61. The lowest BCUT2D eigenvalue weighted by atomic mass is 9.55. The lowest BCUT2D eigenvalue weighted by Crippen LogP contribution is -2.41. The minimum Gasteiger partial charge on any atom is -0.454 e. The zero-order valence-corrected chi connectivity index (χ0v) is 20.6. The molecule has 37 heavy (non-hydrogen) atoms. The number of benzene rings is 3. The van der Waals surface area contributed by atoms with Crippen LogP contribution in [0.1, 0.15) is 45.2 Å². The highest BCUT2D eigenvalue weighted by Crippen LogP contribution is 2.60. The molecule has 1 fully saturated rings.